The number of aryl methyl sites for hydroxylation is 2. The number of nitrogens with zero attached hydrogens (tertiary/aromatic N) is 1. The van der Waals surface area contributed by atoms with Crippen LogP contribution in [0.2, 0.25) is 0 Å². The van der Waals surface area contributed by atoms with E-state index in [9.17, 15) is 38.7 Å². The minimum atomic E-state index is -0.934. The number of aromatic hydroxyl groups is 1. The lowest BCUT2D eigenvalue weighted by Crippen LogP contribution is -2.60. The number of anilines is 2. The van der Waals surface area contributed by atoms with Gasteiger partial charge < -0.3 is 50.2 Å². The lowest BCUT2D eigenvalue weighted by molar-refractivity contribution is -0.150. The Morgan fingerprint density at radius 3 is 1.81 bits per heavy atom. The van der Waals surface area contributed by atoms with Crippen LogP contribution in [0.5, 0.6) is 5.75 Å². The van der Waals surface area contributed by atoms with E-state index < -0.39 is 40.1 Å². The largest absolute Gasteiger partial charge is 0.508 e. The highest BCUT2D eigenvalue weighted by atomic mass is 16.6. The average Bonchev–Trinajstić information content (AvgIpc) is 0.729. The molecule has 0 spiro atoms. The SMILES string of the molecule is C/C1=C/c2ccccc2CN(C(=O)CCC(=O)NCCOCCOCCOCCOCCC(=O)N[C@H](C(=O)N[C@@H](C)C(=O)Nc2ccc3c(c2)[C@@]2(C)CCC[C@](C)(C(=O)NC(=O)[C@@]4(C)CCC[C@]5(C)c6cc(O)ccc6CC[C@@H]45)[C@@H]2CC3)C(C)C)c2ccccc21. The summed E-state index contributed by atoms with van der Waals surface area (Å²) < 4.78 is 22.4. The summed E-state index contributed by atoms with van der Waals surface area (Å²) in [5.74, 6) is -2.12. The Balaban J connectivity index is 0.631. The Bertz CT molecular complexity index is 3350. The minimum Gasteiger partial charge on any atom is -0.508 e. The highest BCUT2D eigenvalue weighted by Crippen LogP contribution is 2.60. The highest BCUT2D eigenvalue weighted by Gasteiger charge is 2.58. The first-order valence-electron chi connectivity index (χ1n) is 33.0. The molecule has 1 heterocycles. The van der Waals surface area contributed by atoms with Crippen LogP contribution in [0.1, 0.15) is 165 Å². The number of imide groups is 1. The number of hydrogen-bond acceptors (Lipinski definition) is 12. The number of ether oxygens (including phenoxy) is 4. The second-order valence-electron chi connectivity index (χ2n) is 27.1. The van der Waals surface area contributed by atoms with Crippen molar-refractivity contribution in [2.24, 2.45) is 28.6 Å². The average molecular weight is 1250 g/mol. The summed E-state index contributed by atoms with van der Waals surface area (Å²) in [7, 11) is 0. The van der Waals surface area contributed by atoms with Crippen molar-refractivity contribution in [3.05, 3.63) is 124 Å². The molecule has 0 aromatic heterocycles. The number of nitrogens with one attached hydrogen (secondary N) is 5. The van der Waals surface area contributed by atoms with Crippen LogP contribution in [0.4, 0.5) is 11.4 Å². The maximum Gasteiger partial charge on any atom is 0.246 e. The van der Waals surface area contributed by atoms with Gasteiger partial charge in [0.1, 0.15) is 17.8 Å². The number of hydrogen-bond donors (Lipinski definition) is 6. The number of rotatable bonds is 26. The van der Waals surface area contributed by atoms with Crippen molar-refractivity contribution in [2.75, 3.05) is 69.6 Å². The van der Waals surface area contributed by atoms with Gasteiger partial charge in [0.2, 0.25) is 41.4 Å². The zero-order chi connectivity index (χ0) is 65.1. The van der Waals surface area contributed by atoms with Gasteiger partial charge >= 0.3 is 0 Å². The van der Waals surface area contributed by atoms with E-state index in [0.29, 0.717) is 64.7 Å². The van der Waals surface area contributed by atoms with Gasteiger partial charge in [0.05, 0.1) is 75.9 Å². The molecular formula is C73H96N6O12. The van der Waals surface area contributed by atoms with Crippen LogP contribution in [0, 0.1) is 28.6 Å². The normalized spacial score (nSPS) is 24.3. The lowest BCUT2D eigenvalue weighted by atomic mass is 9.49. The number of benzene rings is 4. The van der Waals surface area contributed by atoms with Crippen LogP contribution >= 0.6 is 0 Å². The van der Waals surface area contributed by atoms with Gasteiger partial charge in [-0.1, -0.05) is 115 Å². The topological polar surface area (TPSA) is 240 Å². The molecule has 7 amide bonds. The van der Waals surface area contributed by atoms with E-state index in [1.54, 1.807) is 17.9 Å². The van der Waals surface area contributed by atoms with E-state index in [2.05, 4.69) is 52.6 Å². The molecule has 9 rings (SSSR count). The predicted octanol–water partition coefficient (Wildman–Crippen LogP) is 9.80. The Hall–Kier alpha value is -7.25. The molecule has 2 fully saturated rings. The van der Waals surface area contributed by atoms with E-state index in [1.165, 1.54) is 11.1 Å². The highest BCUT2D eigenvalue weighted by molar-refractivity contribution is 6.02. The smallest absolute Gasteiger partial charge is 0.246 e. The van der Waals surface area contributed by atoms with Gasteiger partial charge in [0.15, 0.2) is 0 Å². The number of para-hydroxylation sites is 1. The third kappa shape index (κ3) is 15.6. The molecule has 18 nitrogen and oxygen atoms in total. The summed E-state index contributed by atoms with van der Waals surface area (Å²) in [4.78, 5) is 97.8. The zero-order valence-electron chi connectivity index (χ0n) is 54.7. The first-order chi connectivity index (χ1) is 43.5. The molecule has 0 saturated heterocycles. The molecule has 6 N–H and O–H groups in total. The molecule has 91 heavy (non-hydrogen) atoms. The molecule has 0 unspecified atom stereocenters. The molecule has 8 atom stereocenters. The van der Waals surface area contributed by atoms with Crippen LogP contribution in [-0.4, -0.2) is 118 Å². The lowest BCUT2D eigenvalue weighted by Gasteiger charge is -2.56. The Morgan fingerprint density at radius 1 is 0.604 bits per heavy atom. The number of carbonyl (C=O) groups is 7. The van der Waals surface area contributed by atoms with Crippen LogP contribution in [-0.2, 0) is 82.7 Å². The molecule has 490 valence electrons. The summed E-state index contributed by atoms with van der Waals surface area (Å²) in [5, 5.41) is 25.0. The summed E-state index contributed by atoms with van der Waals surface area (Å²) in [6, 6.07) is 25.6. The Kier molecular flexibility index (Phi) is 22.5. The van der Waals surface area contributed by atoms with Crippen LogP contribution in [0.3, 0.4) is 0 Å². The monoisotopic (exact) mass is 1250 g/mol. The fraction of sp³-hybridized carbons (Fsp3) is 0.548. The molecule has 2 saturated carbocycles. The van der Waals surface area contributed by atoms with Crippen LogP contribution in [0.25, 0.3) is 11.6 Å². The molecule has 1 aliphatic heterocycles. The van der Waals surface area contributed by atoms with Crippen molar-refractivity contribution >= 4 is 64.4 Å². The number of fused-ring (bicyclic) bond motifs is 8. The molecule has 5 aliphatic rings. The van der Waals surface area contributed by atoms with E-state index in [0.717, 1.165) is 90.4 Å². The van der Waals surface area contributed by atoms with Crippen molar-refractivity contribution in [2.45, 2.75) is 168 Å². The molecule has 0 bridgehead atoms. The Labute approximate surface area is 537 Å². The summed E-state index contributed by atoms with van der Waals surface area (Å²) in [6.45, 7) is 18.8. The van der Waals surface area contributed by atoms with Gasteiger partial charge in [-0.2, -0.15) is 0 Å². The van der Waals surface area contributed by atoms with Crippen molar-refractivity contribution in [1.82, 2.24) is 21.3 Å². The first-order valence-corrected chi connectivity index (χ1v) is 33.0. The van der Waals surface area contributed by atoms with Gasteiger partial charge in [-0.15, -0.1) is 0 Å². The fourth-order valence-electron chi connectivity index (χ4n) is 15.6. The number of amides is 7. The quantitative estimate of drug-likeness (QED) is 0.0254. The number of phenols is 1. The molecular weight excluding hydrogens is 1150 g/mol. The summed E-state index contributed by atoms with van der Waals surface area (Å²) in [6.07, 6.45) is 10.3. The zero-order valence-corrected chi connectivity index (χ0v) is 54.7. The number of carbonyl (C=O) groups excluding carboxylic acids is 7. The van der Waals surface area contributed by atoms with Gasteiger partial charge in [0, 0.05) is 37.1 Å². The number of phenolic OH excluding ortho intramolecular Hbond substituents is 1. The second kappa shape index (κ2) is 30.0. The van der Waals surface area contributed by atoms with Crippen molar-refractivity contribution < 1.29 is 57.6 Å². The maximum atomic E-state index is 14.8. The minimum absolute atomic E-state index is 0.0174. The molecule has 4 aromatic carbocycles. The molecule has 18 heteroatoms. The predicted molar refractivity (Wildman–Crippen MR) is 351 cm³/mol. The summed E-state index contributed by atoms with van der Waals surface area (Å²) in [5.41, 5.74) is 7.91. The maximum absolute atomic E-state index is 14.8. The molecule has 4 aliphatic carbocycles. The van der Waals surface area contributed by atoms with E-state index in [4.69, 9.17) is 18.9 Å². The molecule has 4 aromatic rings. The Morgan fingerprint density at radius 2 is 1.18 bits per heavy atom. The van der Waals surface area contributed by atoms with Gasteiger partial charge in [-0.05, 0) is 163 Å². The first kappa shape index (κ1) is 68.1. The second-order valence-corrected chi connectivity index (χ2v) is 27.1. The van der Waals surface area contributed by atoms with E-state index in [-0.39, 0.29) is 97.5 Å². The van der Waals surface area contributed by atoms with Crippen molar-refractivity contribution in [1.29, 1.82) is 0 Å². The van der Waals surface area contributed by atoms with Crippen LogP contribution < -0.4 is 31.5 Å². The molecule has 0 radical (unpaired) electrons. The van der Waals surface area contributed by atoms with Gasteiger partial charge in [-0.3, -0.25) is 38.9 Å². The van der Waals surface area contributed by atoms with Crippen molar-refractivity contribution in [3.63, 3.8) is 0 Å². The third-order valence-corrected chi connectivity index (χ3v) is 20.6. The van der Waals surface area contributed by atoms with Crippen molar-refractivity contribution in [3.8, 4) is 5.75 Å². The van der Waals surface area contributed by atoms with E-state index >= 15 is 0 Å². The standard InChI is InChI=1S/C73H96N6O12/c1-47(2)65(77-63(82)29-35-88-37-39-90-41-42-91-40-38-89-36-34-74-62(81)27-28-64(83)79-46-53-16-10-9-15-52(53)43-48(3)56-17-11-12-18-59(56)79)67(85)75-49(4)66(84)76-54-23-19-50-21-25-60-70(5,57(50)44-54)30-13-32-72(60,7)68(86)78-69(87)73(8)33-14-31-71(6)58-45-55(80)24-20-51(58)22-26-61(71)73/h9-12,15-20,23-24,43-45,47,49,60-61,65,80H,13-14,21-22,25-42,46H2,1-8H3,(H,74,81)(H,75,85)(H,76,84)(H,77,82)(H,78,86,87)/b48-43-/t49-,60+,61+,65-,70+,71+,72-,73-/m0/s1. The van der Waals surface area contributed by atoms with Gasteiger partial charge in [-0.25, -0.2) is 0 Å². The van der Waals surface area contributed by atoms with E-state index in [1.807, 2.05) is 107 Å². The fourth-order valence-corrected chi connectivity index (χ4v) is 15.6. The number of allylic oxidation sites excluding steroid dienone is 1. The van der Waals surface area contributed by atoms with Crippen LogP contribution in [0.15, 0.2) is 84.9 Å². The third-order valence-electron chi connectivity index (χ3n) is 20.6. The van der Waals surface area contributed by atoms with Gasteiger partial charge in [0.25, 0.3) is 0 Å². The summed E-state index contributed by atoms with van der Waals surface area (Å²) >= 11 is 0.